The summed E-state index contributed by atoms with van der Waals surface area (Å²) in [6.07, 6.45) is 0. The second-order valence-corrected chi connectivity index (χ2v) is 20.7. The molecular formula is C59H45NSi. The molecule has 0 saturated heterocycles. The highest BCUT2D eigenvalue weighted by molar-refractivity contribution is 7.20. The van der Waals surface area contributed by atoms with E-state index in [1.54, 1.807) is 0 Å². The van der Waals surface area contributed by atoms with Gasteiger partial charge in [0.15, 0.2) is 8.07 Å². The van der Waals surface area contributed by atoms with Gasteiger partial charge < -0.3 is 4.90 Å². The Morgan fingerprint density at radius 3 is 1.41 bits per heavy atom. The van der Waals surface area contributed by atoms with Crippen molar-refractivity contribution in [2.24, 2.45) is 0 Å². The van der Waals surface area contributed by atoms with E-state index in [4.69, 9.17) is 0 Å². The maximum Gasteiger partial charge on any atom is 0.179 e. The largest absolute Gasteiger partial charge is 0.310 e. The molecule has 0 unspecified atom stereocenters. The van der Waals surface area contributed by atoms with Crippen molar-refractivity contribution < 1.29 is 0 Å². The molecule has 0 bridgehead atoms. The molecule has 0 saturated carbocycles. The lowest BCUT2D eigenvalue weighted by Gasteiger charge is -2.34. The van der Waals surface area contributed by atoms with E-state index in [2.05, 4.69) is 255 Å². The minimum Gasteiger partial charge on any atom is -0.310 e. The van der Waals surface area contributed by atoms with Gasteiger partial charge in [-0.3, -0.25) is 0 Å². The van der Waals surface area contributed by atoms with E-state index >= 15 is 0 Å². The van der Waals surface area contributed by atoms with Gasteiger partial charge in [-0.25, -0.2) is 0 Å². The van der Waals surface area contributed by atoms with Crippen molar-refractivity contribution in [2.45, 2.75) is 19.3 Å². The fraction of sp³-hybridized carbons (Fsp3) is 0.0508. The van der Waals surface area contributed by atoms with E-state index < -0.39 is 8.07 Å². The Labute approximate surface area is 359 Å². The van der Waals surface area contributed by atoms with Crippen LogP contribution in [0.3, 0.4) is 0 Å². The molecule has 61 heavy (non-hydrogen) atoms. The van der Waals surface area contributed by atoms with Gasteiger partial charge in [0, 0.05) is 22.5 Å². The maximum absolute atomic E-state index is 2.65. The standard InChI is InChI=1S/C59H45NSi/c1-59(2)57-26-16-15-25-55(57)56-37-34-48(41-58(56)59)60(46-31-29-43(30-32-46)42-17-7-3-8-18-42)47-33-36-53-44(39-47)27-28-45-40-52(35-38-54(45)53)61(49-19-9-4-10-20-49,50-21-11-5-12-22-50)51-23-13-6-14-24-51/h3-41H,1-2H3. The van der Waals surface area contributed by atoms with E-state index in [1.807, 2.05) is 0 Å². The minimum absolute atomic E-state index is 0.103. The maximum atomic E-state index is 2.48. The zero-order chi connectivity index (χ0) is 41.0. The number of hydrogen-bond donors (Lipinski definition) is 0. The van der Waals surface area contributed by atoms with Crippen molar-refractivity contribution in [1.29, 1.82) is 0 Å². The summed E-state index contributed by atoms with van der Waals surface area (Å²) in [5, 5.41) is 10.5. The third kappa shape index (κ3) is 6.05. The third-order valence-corrected chi connectivity index (χ3v) is 18.0. The van der Waals surface area contributed by atoms with Gasteiger partial charge in [0.25, 0.3) is 0 Å². The van der Waals surface area contributed by atoms with Gasteiger partial charge in [-0.15, -0.1) is 0 Å². The zero-order valence-corrected chi connectivity index (χ0v) is 35.5. The second-order valence-electron chi connectivity index (χ2n) is 16.9. The van der Waals surface area contributed by atoms with Gasteiger partial charge in [-0.2, -0.15) is 0 Å². The molecule has 0 aliphatic heterocycles. The molecule has 0 N–H and O–H groups in total. The van der Waals surface area contributed by atoms with Crippen molar-refractivity contribution >= 4 is 67.4 Å². The molecular weight excluding hydrogens is 751 g/mol. The minimum atomic E-state index is -2.65. The molecule has 0 radical (unpaired) electrons. The molecule has 0 aromatic heterocycles. The number of rotatable bonds is 8. The van der Waals surface area contributed by atoms with Crippen LogP contribution < -0.4 is 25.6 Å². The van der Waals surface area contributed by atoms with Gasteiger partial charge in [0.2, 0.25) is 0 Å². The van der Waals surface area contributed by atoms with Crippen molar-refractivity contribution in [3.63, 3.8) is 0 Å². The normalized spacial score (nSPS) is 12.9. The van der Waals surface area contributed by atoms with Gasteiger partial charge in [0.05, 0.1) is 0 Å². The number of anilines is 3. The Morgan fingerprint density at radius 1 is 0.328 bits per heavy atom. The highest BCUT2D eigenvalue weighted by Crippen LogP contribution is 2.50. The Kier molecular flexibility index (Phi) is 8.91. The SMILES string of the molecule is CC1(C)c2ccccc2-c2ccc(N(c3ccc(-c4ccccc4)cc3)c3ccc4c(ccc5cc([Si](c6ccccc6)(c6ccccc6)c6ccccc6)ccc54)c3)cc21. The van der Waals surface area contributed by atoms with E-state index in [-0.39, 0.29) is 5.41 Å². The second kappa shape index (κ2) is 14.8. The van der Waals surface area contributed by atoms with Crippen LogP contribution in [-0.2, 0) is 5.41 Å². The number of nitrogens with zero attached hydrogens (tertiary/aromatic N) is 1. The van der Waals surface area contributed by atoms with Crippen LogP contribution in [0.5, 0.6) is 0 Å². The van der Waals surface area contributed by atoms with Crippen molar-refractivity contribution in [2.75, 3.05) is 4.90 Å². The molecule has 0 atom stereocenters. The highest BCUT2D eigenvalue weighted by Gasteiger charge is 2.41. The van der Waals surface area contributed by atoms with Crippen LogP contribution in [0.4, 0.5) is 17.1 Å². The molecule has 290 valence electrons. The number of fused-ring (bicyclic) bond motifs is 6. The summed E-state index contributed by atoms with van der Waals surface area (Å²) in [7, 11) is -2.65. The fourth-order valence-corrected chi connectivity index (χ4v) is 15.0. The Morgan fingerprint density at radius 2 is 0.787 bits per heavy atom. The van der Waals surface area contributed by atoms with Crippen LogP contribution in [0, 0.1) is 0 Å². The Balaban J connectivity index is 1.06. The summed E-state index contributed by atoms with van der Waals surface area (Å²) in [6.45, 7) is 4.72. The van der Waals surface area contributed by atoms with Crippen LogP contribution in [0.2, 0.25) is 0 Å². The lowest BCUT2D eigenvalue weighted by molar-refractivity contribution is 0.660. The fourth-order valence-electron chi connectivity index (χ4n) is 10.2. The van der Waals surface area contributed by atoms with Crippen LogP contribution >= 0.6 is 0 Å². The van der Waals surface area contributed by atoms with Gasteiger partial charge in [-0.1, -0.05) is 214 Å². The first-order chi connectivity index (χ1) is 30.0. The number of hydrogen-bond acceptors (Lipinski definition) is 1. The van der Waals surface area contributed by atoms with E-state index in [0.717, 1.165) is 17.1 Å². The van der Waals surface area contributed by atoms with Crippen LogP contribution in [0.1, 0.15) is 25.0 Å². The third-order valence-electron chi connectivity index (χ3n) is 13.2. The molecule has 0 fully saturated rings. The van der Waals surface area contributed by atoms with Gasteiger partial charge >= 0.3 is 0 Å². The van der Waals surface area contributed by atoms with Gasteiger partial charge in [-0.05, 0) is 112 Å². The van der Waals surface area contributed by atoms with Crippen molar-refractivity contribution in [3.8, 4) is 22.3 Å². The molecule has 10 aromatic rings. The first-order valence-corrected chi connectivity index (χ1v) is 23.3. The topological polar surface area (TPSA) is 3.24 Å². The molecule has 0 heterocycles. The molecule has 0 spiro atoms. The summed E-state index contributed by atoms with van der Waals surface area (Å²) in [6, 6.07) is 88.1. The first kappa shape index (κ1) is 36.8. The quantitative estimate of drug-likeness (QED) is 0.0841. The van der Waals surface area contributed by atoms with Crippen molar-refractivity contribution in [3.05, 3.63) is 248 Å². The molecule has 2 heteroatoms. The average Bonchev–Trinajstić information content (AvgIpc) is 3.56. The highest BCUT2D eigenvalue weighted by atomic mass is 28.3. The van der Waals surface area contributed by atoms with Gasteiger partial charge in [0.1, 0.15) is 0 Å². The van der Waals surface area contributed by atoms with Crippen molar-refractivity contribution in [1.82, 2.24) is 0 Å². The smallest absolute Gasteiger partial charge is 0.179 e. The summed E-state index contributed by atoms with van der Waals surface area (Å²) >= 11 is 0. The Bertz CT molecular complexity index is 3100. The van der Waals surface area contributed by atoms with E-state index in [1.165, 1.54) is 75.7 Å². The summed E-state index contributed by atoms with van der Waals surface area (Å²) in [5.41, 5.74) is 11.1. The molecule has 1 aliphatic carbocycles. The average molecular weight is 796 g/mol. The molecule has 1 aliphatic rings. The lowest BCUT2D eigenvalue weighted by Crippen LogP contribution is -2.74. The predicted molar refractivity (Wildman–Crippen MR) is 263 cm³/mol. The summed E-state index contributed by atoms with van der Waals surface area (Å²) in [5.74, 6) is 0. The summed E-state index contributed by atoms with van der Waals surface area (Å²) < 4.78 is 0. The van der Waals surface area contributed by atoms with E-state index in [0.29, 0.717) is 0 Å². The molecule has 10 aromatic carbocycles. The summed E-state index contributed by atoms with van der Waals surface area (Å²) in [4.78, 5) is 2.43. The first-order valence-electron chi connectivity index (χ1n) is 21.3. The molecule has 1 nitrogen and oxygen atoms in total. The van der Waals surface area contributed by atoms with Crippen LogP contribution in [-0.4, -0.2) is 8.07 Å². The molecule has 0 amide bonds. The zero-order valence-electron chi connectivity index (χ0n) is 34.5. The predicted octanol–water partition coefficient (Wildman–Crippen LogP) is 12.8. The monoisotopic (exact) mass is 795 g/mol. The number of benzene rings is 10. The molecule has 11 rings (SSSR count). The lowest BCUT2D eigenvalue weighted by atomic mass is 9.82. The van der Waals surface area contributed by atoms with Crippen LogP contribution in [0.15, 0.2) is 237 Å². The Hall–Kier alpha value is -7.26. The van der Waals surface area contributed by atoms with Crippen LogP contribution in [0.25, 0.3) is 43.8 Å². The van der Waals surface area contributed by atoms with E-state index in [9.17, 15) is 0 Å².